The van der Waals surface area contributed by atoms with Crippen LogP contribution in [0.25, 0.3) is 0 Å². The predicted octanol–water partition coefficient (Wildman–Crippen LogP) is 3.13. The zero-order chi connectivity index (χ0) is 21.2. The summed E-state index contributed by atoms with van der Waals surface area (Å²) in [5.74, 6) is 0.0869. The normalized spacial score (nSPS) is 19.3. The molecule has 8 nitrogen and oxygen atoms in total. The van der Waals surface area contributed by atoms with Gasteiger partial charge in [0.2, 0.25) is 0 Å². The molecule has 2 atom stereocenters. The van der Waals surface area contributed by atoms with Gasteiger partial charge in [0.05, 0.1) is 12.2 Å². The minimum atomic E-state index is -0.588. The molecule has 1 aliphatic rings. The number of ether oxygens (including phenoxy) is 1. The van der Waals surface area contributed by atoms with E-state index in [1.807, 2.05) is 45.9 Å². The van der Waals surface area contributed by atoms with E-state index in [1.165, 1.54) is 10.8 Å². The van der Waals surface area contributed by atoms with Gasteiger partial charge in [0.25, 0.3) is 5.56 Å². The van der Waals surface area contributed by atoms with Crippen molar-refractivity contribution in [3.8, 4) is 0 Å². The number of amides is 1. The number of nitrogens with zero attached hydrogens (tertiary/aromatic N) is 4. The smallest absolute Gasteiger partial charge is 0.410 e. The van der Waals surface area contributed by atoms with E-state index in [0.29, 0.717) is 19.6 Å². The number of rotatable bonds is 4. The maximum atomic E-state index is 12.7. The van der Waals surface area contributed by atoms with Gasteiger partial charge in [-0.25, -0.2) is 9.78 Å². The van der Waals surface area contributed by atoms with Crippen LogP contribution in [0, 0.1) is 0 Å². The van der Waals surface area contributed by atoms with E-state index in [2.05, 4.69) is 15.3 Å². The second-order valence-corrected chi connectivity index (χ2v) is 8.36. The Morgan fingerprint density at radius 2 is 2.07 bits per heavy atom. The van der Waals surface area contributed by atoms with Crippen molar-refractivity contribution < 1.29 is 9.53 Å². The third-order valence-electron chi connectivity index (χ3n) is 4.68. The van der Waals surface area contributed by atoms with Gasteiger partial charge in [-0.05, 0) is 39.8 Å². The molecule has 0 bridgehead atoms. The molecule has 0 aromatic carbocycles. The number of anilines is 1. The Bertz CT molecular complexity index is 926. The molecular formula is C20H26ClN5O3. The van der Waals surface area contributed by atoms with Crippen LogP contribution < -0.4 is 10.9 Å². The quantitative estimate of drug-likeness (QED) is 0.818. The van der Waals surface area contributed by atoms with Gasteiger partial charge >= 0.3 is 6.09 Å². The summed E-state index contributed by atoms with van der Waals surface area (Å²) in [5.41, 5.74) is -0.0493. The number of nitrogens with one attached hydrogen (secondary N) is 1. The van der Waals surface area contributed by atoms with Crippen molar-refractivity contribution in [2.45, 2.75) is 51.8 Å². The maximum absolute atomic E-state index is 12.7. The molecule has 0 saturated carbocycles. The number of hydrogen-bond acceptors (Lipinski definition) is 6. The molecule has 1 saturated heterocycles. The predicted molar refractivity (Wildman–Crippen MR) is 111 cm³/mol. The fourth-order valence-electron chi connectivity index (χ4n) is 3.36. The number of carbonyl (C=O) groups is 1. The average molecular weight is 420 g/mol. The zero-order valence-electron chi connectivity index (χ0n) is 17.1. The number of aromatic nitrogens is 3. The van der Waals surface area contributed by atoms with Gasteiger partial charge < -0.3 is 15.0 Å². The van der Waals surface area contributed by atoms with Gasteiger partial charge in [0.15, 0.2) is 5.82 Å². The summed E-state index contributed by atoms with van der Waals surface area (Å²) < 4.78 is 6.96. The van der Waals surface area contributed by atoms with Crippen LogP contribution in [0.5, 0.6) is 0 Å². The van der Waals surface area contributed by atoms with Gasteiger partial charge in [-0.2, -0.15) is 0 Å². The molecule has 2 aromatic heterocycles. The molecule has 156 valence electrons. The average Bonchev–Trinajstić information content (AvgIpc) is 3.08. The van der Waals surface area contributed by atoms with Gasteiger partial charge in [-0.3, -0.25) is 14.3 Å². The van der Waals surface area contributed by atoms with Crippen LogP contribution in [0.4, 0.5) is 10.6 Å². The highest BCUT2D eigenvalue weighted by Gasteiger charge is 2.39. The van der Waals surface area contributed by atoms with Crippen molar-refractivity contribution in [3.05, 3.63) is 51.8 Å². The molecule has 9 heteroatoms. The first kappa shape index (κ1) is 21.1. The first-order valence-electron chi connectivity index (χ1n) is 9.60. The summed E-state index contributed by atoms with van der Waals surface area (Å²) in [6.45, 7) is 8.57. The summed E-state index contributed by atoms with van der Waals surface area (Å²) >= 11 is 6.06. The standard InChI is InChI=1S/C20H26ClN5O3/c1-5-26-16(21)10-23-17(18(26)27)24-15-12-25(19(28)29-20(2,3)4)11-13(15)14-8-6-7-9-22-14/h6-10,13,15H,5,11-12H2,1-4H3,(H,23,24)/t13-,15+/m0/s1. The van der Waals surface area contributed by atoms with Crippen LogP contribution in [-0.2, 0) is 11.3 Å². The van der Waals surface area contributed by atoms with Gasteiger partial charge in [0, 0.05) is 37.4 Å². The number of pyridine rings is 1. The molecule has 1 amide bonds. The molecule has 3 rings (SSSR count). The van der Waals surface area contributed by atoms with Crippen molar-refractivity contribution in [2.75, 3.05) is 18.4 Å². The Morgan fingerprint density at radius 1 is 1.31 bits per heavy atom. The lowest BCUT2D eigenvalue weighted by molar-refractivity contribution is 0.0291. The van der Waals surface area contributed by atoms with E-state index >= 15 is 0 Å². The fraction of sp³-hybridized carbons (Fsp3) is 0.500. The maximum Gasteiger partial charge on any atom is 0.410 e. The van der Waals surface area contributed by atoms with E-state index < -0.39 is 11.7 Å². The van der Waals surface area contributed by atoms with Crippen molar-refractivity contribution in [1.82, 2.24) is 19.4 Å². The van der Waals surface area contributed by atoms with Crippen LogP contribution in [0.3, 0.4) is 0 Å². The molecule has 2 aromatic rings. The zero-order valence-corrected chi connectivity index (χ0v) is 17.8. The Balaban J connectivity index is 1.88. The van der Waals surface area contributed by atoms with Crippen molar-refractivity contribution in [2.24, 2.45) is 0 Å². The summed E-state index contributed by atoms with van der Waals surface area (Å²) in [4.78, 5) is 35.6. The van der Waals surface area contributed by atoms with Crippen LogP contribution in [0.1, 0.15) is 39.3 Å². The van der Waals surface area contributed by atoms with Crippen LogP contribution >= 0.6 is 11.6 Å². The molecule has 1 N–H and O–H groups in total. The number of hydrogen-bond donors (Lipinski definition) is 1. The number of carbonyl (C=O) groups excluding carboxylic acids is 1. The summed E-state index contributed by atoms with van der Waals surface area (Å²) in [7, 11) is 0. The topological polar surface area (TPSA) is 89.3 Å². The first-order chi connectivity index (χ1) is 13.7. The molecule has 29 heavy (non-hydrogen) atoms. The Kier molecular flexibility index (Phi) is 6.12. The van der Waals surface area contributed by atoms with Crippen molar-refractivity contribution in [1.29, 1.82) is 0 Å². The third kappa shape index (κ3) is 4.87. The molecule has 1 aliphatic heterocycles. The molecule has 0 radical (unpaired) electrons. The molecule has 0 unspecified atom stereocenters. The minimum absolute atomic E-state index is 0.115. The van der Waals surface area contributed by atoms with E-state index in [9.17, 15) is 9.59 Å². The second-order valence-electron chi connectivity index (χ2n) is 7.98. The van der Waals surface area contributed by atoms with Gasteiger partial charge in [-0.1, -0.05) is 17.7 Å². The molecule has 3 heterocycles. The van der Waals surface area contributed by atoms with Crippen molar-refractivity contribution >= 4 is 23.5 Å². The lowest BCUT2D eigenvalue weighted by Crippen LogP contribution is -2.37. The highest BCUT2D eigenvalue weighted by molar-refractivity contribution is 6.29. The van der Waals surface area contributed by atoms with E-state index in [-0.39, 0.29) is 28.5 Å². The van der Waals surface area contributed by atoms with Gasteiger partial charge in [0.1, 0.15) is 10.8 Å². The van der Waals surface area contributed by atoms with Crippen LogP contribution in [0.2, 0.25) is 5.15 Å². The largest absolute Gasteiger partial charge is 0.444 e. The highest BCUT2D eigenvalue weighted by Crippen LogP contribution is 2.29. The van der Waals surface area contributed by atoms with E-state index in [4.69, 9.17) is 16.3 Å². The van der Waals surface area contributed by atoms with E-state index in [0.717, 1.165) is 5.69 Å². The van der Waals surface area contributed by atoms with Gasteiger partial charge in [-0.15, -0.1) is 0 Å². The summed E-state index contributed by atoms with van der Waals surface area (Å²) in [6, 6.07) is 5.41. The van der Waals surface area contributed by atoms with Crippen LogP contribution in [-0.4, -0.2) is 50.3 Å². The Morgan fingerprint density at radius 3 is 2.69 bits per heavy atom. The summed E-state index contributed by atoms with van der Waals surface area (Å²) in [5, 5.41) is 3.50. The summed E-state index contributed by atoms with van der Waals surface area (Å²) in [6.07, 6.45) is 2.77. The van der Waals surface area contributed by atoms with E-state index in [1.54, 1.807) is 11.1 Å². The Hall–Kier alpha value is -2.61. The second kappa shape index (κ2) is 8.41. The molecule has 0 spiro atoms. The highest BCUT2D eigenvalue weighted by atomic mass is 35.5. The molecule has 1 fully saturated rings. The lowest BCUT2D eigenvalue weighted by atomic mass is 9.99. The van der Waals surface area contributed by atoms with Crippen molar-refractivity contribution in [3.63, 3.8) is 0 Å². The third-order valence-corrected chi connectivity index (χ3v) is 4.98. The monoisotopic (exact) mass is 419 g/mol. The lowest BCUT2D eigenvalue weighted by Gasteiger charge is -2.24. The van der Waals surface area contributed by atoms with Crippen LogP contribution in [0.15, 0.2) is 35.4 Å². The number of halogens is 1. The molecule has 0 aliphatic carbocycles. The SMILES string of the molecule is CCn1c(Cl)cnc(N[C@@H]2CN(C(=O)OC(C)(C)C)C[C@H]2c2ccccn2)c1=O. The number of likely N-dealkylation sites (tertiary alicyclic amines) is 1. The fourth-order valence-corrected chi connectivity index (χ4v) is 3.60. The Labute approximate surface area is 174 Å². The minimum Gasteiger partial charge on any atom is -0.444 e. The molecular weight excluding hydrogens is 394 g/mol. The first-order valence-corrected chi connectivity index (χ1v) is 9.98.